The Bertz CT molecular complexity index is 477. The number of carbonyl (C=O) groups excluding carboxylic acids is 1. The van der Waals surface area contributed by atoms with E-state index >= 15 is 0 Å². The lowest BCUT2D eigenvalue weighted by Crippen LogP contribution is -2.49. The van der Waals surface area contributed by atoms with Crippen molar-refractivity contribution >= 4 is 17.3 Å². The fourth-order valence-electron chi connectivity index (χ4n) is 2.71. The molecule has 2 rings (SSSR count). The average Bonchev–Trinajstić information content (AvgIpc) is 2.38. The van der Waals surface area contributed by atoms with Crippen LogP contribution in [0.25, 0.3) is 0 Å². The first-order chi connectivity index (χ1) is 9.47. The molecular formula is C16H25N3O. The number of amides is 1. The Morgan fingerprint density at radius 3 is 2.45 bits per heavy atom. The van der Waals surface area contributed by atoms with Gasteiger partial charge >= 0.3 is 0 Å². The molecule has 1 saturated heterocycles. The quantitative estimate of drug-likeness (QED) is 0.861. The zero-order valence-electron chi connectivity index (χ0n) is 12.7. The number of hydrogen-bond donors (Lipinski definition) is 1. The fraction of sp³-hybridized carbons (Fsp3) is 0.562. The zero-order valence-corrected chi connectivity index (χ0v) is 12.7. The highest BCUT2D eigenvalue weighted by molar-refractivity contribution is 5.76. The van der Waals surface area contributed by atoms with Crippen LogP contribution in [-0.4, -0.2) is 37.0 Å². The van der Waals surface area contributed by atoms with E-state index in [0.29, 0.717) is 12.3 Å². The van der Waals surface area contributed by atoms with Crippen LogP contribution in [0.15, 0.2) is 18.2 Å². The van der Waals surface area contributed by atoms with Gasteiger partial charge in [-0.15, -0.1) is 0 Å². The molecule has 0 spiro atoms. The molecule has 2 N–H and O–H groups in total. The summed E-state index contributed by atoms with van der Waals surface area (Å²) < 4.78 is 0. The normalized spacial score (nSPS) is 15.8. The number of nitrogens with two attached hydrogens (primary N) is 1. The molecule has 0 unspecified atom stereocenters. The van der Waals surface area contributed by atoms with Crippen LogP contribution in [0.4, 0.5) is 11.4 Å². The van der Waals surface area contributed by atoms with Gasteiger partial charge in [0.15, 0.2) is 0 Å². The second-order valence-corrected chi connectivity index (χ2v) is 6.01. The summed E-state index contributed by atoms with van der Waals surface area (Å²) in [7, 11) is 0. The molecule has 1 fully saturated rings. The van der Waals surface area contributed by atoms with Gasteiger partial charge in [0.25, 0.3) is 0 Å². The number of nitrogen functional groups attached to an aromatic ring is 1. The smallest absolute Gasteiger partial charge is 0.222 e. The monoisotopic (exact) mass is 275 g/mol. The number of benzene rings is 1. The van der Waals surface area contributed by atoms with Crippen molar-refractivity contribution in [1.29, 1.82) is 0 Å². The first kappa shape index (κ1) is 14.7. The molecule has 4 nitrogen and oxygen atoms in total. The third-order valence-electron chi connectivity index (χ3n) is 3.78. The summed E-state index contributed by atoms with van der Waals surface area (Å²) in [5.41, 5.74) is 9.03. The van der Waals surface area contributed by atoms with Gasteiger partial charge in [0.1, 0.15) is 0 Å². The second kappa shape index (κ2) is 6.16. The van der Waals surface area contributed by atoms with Crippen LogP contribution in [0.5, 0.6) is 0 Å². The summed E-state index contributed by atoms with van der Waals surface area (Å²) in [5, 5.41) is 0. The lowest BCUT2D eigenvalue weighted by molar-refractivity contribution is -0.132. The largest absolute Gasteiger partial charge is 0.399 e. The van der Waals surface area contributed by atoms with Gasteiger partial charge in [-0.2, -0.15) is 0 Å². The van der Waals surface area contributed by atoms with E-state index in [1.807, 2.05) is 17.0 Å². The molecule has 0 aromatic heterocycles. The summed E-state index contributed by atoms with van der Waals surface area (Å²) in [5.74, 6) is 0.716. The molecule has 0 bridgehead atoms. The molecule has 1 aliphatic rings. The molecule has 0 aliphatic carbocycles. The van der Waals surface area contributed by atoms with E-state index < -0.39 is 0 Å². The molecule has 1 aromatic rings. The number of piperazine rings is 1. The van der Waals surface area contributed by atoms with Gasteiger partial charge in [-0.3, -0.25) is 4.79 Å². The van der Waals surface area contributed by atoms with Crippen LogP contribution in [-0.2, 0) is 4.79 Å². The van der Waals surface area contributed by atoms with Crippen LogP contribution >= 0.6 is 0 Å². The van der Waals surface area contributed by atoms with Crippen molar-refractivity contribution in [1.82, 2.24) is 4.90 Å². The first-order valence-electron chi connectivity index (χ1n) is 7.36. The molecule has 0 radical (unpaired) electrons. The van der Waals surface area contributed by atoms with Gasteiger partial charge in [0.2, 0.25) is 5.91 Å². The number of aryl methyl sites for hydroxylation is 1. The Kier molecular flexibility index (Phi) is 4.53. The highest BCUT2D eigenvalue weighted by atomic mass is 16.2. The predicted molar refractivity (Wildman–Crippen MR) is 83.8 cm³/mol. The molecule has 20 heavy (non-hydrogen) atoms. The molecule has 4 heteroatoms. The highest BCUT2D eigenvalue weighted by Gasteiger charge is 2.22. The van der Waals surface area contributed by atoms with E-state index in [-0.39, 0.29) is 5.91 Å². The van der Waals surface area contributed by atoms with Crippen molar-refractivity contribution in [3.8, 4) is 0 Å². The average molecular weight is 275 g/mol. The maximum atomic E-state index is 12.1. The molecule has 110 valence electrons. The Morgan fingerprint density at radius 1 is 1.25 bits per heavy atom. The Balaban J connectivity index is 1.95. The van der Waals surface area contributed by atoms with Crippen LogP contribution in [0.2, 0.25) is 0 Å². The SMILES string of the molecule is Cc1cc(N)ccc1N1CCN(C(=O)CC(C)C)CC1. The molecule has 0 atom stereocenters. The van der Waals surface area contributed by atoms with Crippen LogP contribution in [0.1, 0.15) is 25.8 Å². The maximum Gasteiger partial charge on any atom is 0.222 e. The molecule has 1 amide bonds. The first-order valence-corrected chi connectivity index (χ1v) is 7.36. The number of carbonyl (C=O) groups is 1. The van der Waals surface area contributed by atoms with Crippen molar-refractivity contribution in [2.75, 3.05) is 36.8 Å². The summed E-state index contributed by atoms with van der Waals surface area (Å²) in [4.78, 5) is 16.4. The van der Waals surface area contributed by atoms with E-state index in [4.69, 9.17) is 5.73 Å². The number of hydrogen-bond acceptors (Lipinski definition) is 3. The van der Waals surface area contributed by atoms with E-state index in [2.05, 4.69) is 31.7 Å². The Morgan fingerprint density at radius 2 is 1.90 bits per heavy atom. The van der Waals surface area contributed by atoms with Crippen LogP contribution < -0.4 is 10.6 Å². The Labute approximate surface area is 121 Å². The second-order valence-electron chi connectivity index (χ2n) is 6.01. The summed E-state index contributed by atoms with van der Waals surface area (Å²) in [6.07, 6.45) is 0.654. The number of nitrogens with zero attached hydrogens (tertiary/aromatic N) is 2. The van der Waals surface area contributed by atoms with E-state index in [1.165, 1.54) is 11.3 Å². The third-order valence-corrected chi connectivity index (χ3v) is 3.78. The summed E-state index contributed by atoms with van der Waals surface area (Å²) >= 11 is 0. The van der Waals surface area contributed by atoms with Gasteiger partial charge in [0, 0.05) is 44.0 Å². The standard InChI is InChI=1S/C16H25N3O/c1-12(2)10-16(20)19-8-6-18(7-9-19)15-5-4-14(17)11-13(15)3/h4-5,11-12H,6-10,17H2,1-3H3. The van der Waals surface area contributed by atoms with Gasteiger partial charge in [0.05, 0.1) is 0 Å². The minimum Gasteiger partial charge on any atom is -0.399 e. The molecule has 0 saturated carbocycles. The van der Waals surface area contributed by atoms with Crippen molar-refractivity contribution in [3.05, 3.63) is 23.8 Å². The maximum absolute atomic E-state index is 12.1. The minimum atomic E-state index is 0.286. The third kappa shape index (κ3) is 3.44. The summed E-state index contributed by atoms with van der Waals surface area (Å²) in [6, 6.07) is 6.03. The van der Waals surface area contributed by atoms with E-state index in [9.17, 15) is 4.79 Å². The zero-order chi connectivity index (χ0) is 14.7. The van der Waals surface area contributed by atoms with Crippen LogP contribution in [0.3, 0.4) is 0 Å². The molecule has 1 aliphatic heterocycles. The van der Waals surface area contributed by atoms with Gasteiger partial charge < -0.3 is 15.5 Å². The van der Waals surface area contributed by atoms with Gasteiger partial charge in [-0.05, 0) is 36.6 Å². The minimum absolute atomic E-state index is 0.286. The van der Waals surface area contributed by atoms with E-state index in [0.717, 1.165) is 31.9 Å². The van der Waals surface area contributed by atoms with Crippen molar-refractivity contribution in [2.24, 2.45) is 5.92 Å². The van der Waals surface area contributed by atoms with E-state index in [1.54, 1.807) is 0 Å². The van der Waals surface area contributed by atoms with Crippen molar-refractivity contribution in [3.63, 3.8) is 0 Å². The Hall–Kier alpha value is -1.71. The van der Waals surface area contributed by atoms with Crippen LogP contribution in [0, 0.1) is 12.8 Å². The number of rotatable bonds is 3. The fourth-order valence-corrected chi connectivity index (χ4v) is 2.71. The predicted octanol–water partition coefficient (Wildman–Crippen LogP) is 2.27. The summed E-state index contributed by atoms with van der Waals surface area (Å²) in [6.45, 7) is 9.69. The lowest BCUT2D eigenvalue weighted by Gasteiger charge is -2.37. The topological polar surface area (TPSA) is 49.6 Å². The van der Waals surface area contributed by atoms with Gasteiger partial charge in [-0.25, -0.2) is 0 Å². The molecule has 1 heterocycles. The van der Waals surface area contributed by atoms with Gasteiger partial charge in [-0.1, -0.05) is 13.8 Å². The lowest BCUT2D eigenvalue weighted by atomic mass is 10.1. The van der Waals surface area contributed by atoms with Crippen molar-refractivity contribution < 1.29 is 4.79 Å². The van der Waals surface area contributed by atoms with Crippen molar-refractivity contribution in [2.45, 2.75) is 27.2 Å². The highest BCUT2D eigenvalue weighted by Crippen LogP contribution is 2.23. The number of anilines is 2. The molecular weight excluding hydrogens is 250 g/mol. The molecule has 1 aromatic carbocycles.